The van der Waals surface area contributed by atoms with Crippen LogP contribution in [-0.4, -0.2) is 0 Å². The van der Waals surface area contributed by atoms with E-state index in [1.54, 1.807) is 0 Å². The Hall–Kier alpha value is -7.24. The largest absolute Gasteiger partial charge is 0.489 e. The molecule has 0 unspecified atom stereocenters. The second-order valence-corrected chi connectivity index (χ2v) is 15.2. The number of hydrogen-bond donors (Lipinski definition) is 0. The van der Waals surface area contributed by atoms with E-state index in [4.69, 9.17) is 23.7 Å². The highest BCUT2D eigenvalue weighted by atomic mass is 16.5. The Morgan fingerprint density at radius 2 is 0.607 bits per heavy atom. The molecule has 8 aromatic rings. The van der Waals surface area contributed by atoms with E-state index in [9.17, 15) is 0 Å². The van der Waals surface area contributed by atoms with Crippen molar-refractivity contribution in [3.05, 3.63) is 256 Å². The van der Waals surface area contributed by atoms with E-state index in [1.807, 2.05) is 115 Å². The lowest BCUT2D eigenvalue weighted by Gasteiger charge is -2.21. The number of hydrogen-bond acceptors (Lipinski definition) is 5. The normalized spacial score (nSPS) is 10.8. The molecule has 61 heavy (non-hydrogen) atoms. The molecule has 0 bridgehead atoms. The molecule has 0 saturated heterocycles. The average molecular weight is 803 g/mol. The molecule has 0 radical (unpaired) electrons. The van der Waals surface area contributed by atoms with E-state index in [1.165, 1.54) is 0 Å². The van der Waals surface area contributed by atoms with E-state index in [-0.39, 0.29) is 0 Å². The standard InChI is InChI=1S/C56H50O5/c1-42-31-50(33-48-27-29-52(57-37-43-17-7-2-8-18-43)35-54(48)59-39-45-21-11-4-12-22-45)56(61-41-47-25-15-6-16-26-47)51(32-42)34-49-28-30-53(58-38-44-19-9-3-10-20-44)36-55(49)60-40-46-23-13-5-14-24-46/h2-32,35-36H,33-34,37-41H2,1H3. The lowest BCUT2D eigenvalue weighted by Crippen LogP contribution is -2.07. The van der Waals surface area contributed by atoms with Gasteiger partial charge in [-0.1, -0.05) is 181 Å². The molecule has 0 fully saturated rings. The quantitative estimate of drug-likeness (QED) is 0.0815. The lowest BCUT2D eigenvalue weighted by atomic mass is 9.94. The van der Waals surface area contributed by atoms with Crippen molar-refractivity contribution in [2.24, 2.45) is 0 Å². The lowest BCUT2D eigenvalue weighted by molar-refractivity contribution is 0.287. The highest BCUT2D eigenvalue weighted by molar-refractivity contribution is 5.53. The Morgan fingerprint density at radius 3 is 0.951 bits per heavy atom. The van der Waals surface area contributed by atoms with E-state index in [0.717, 1.165) is 84.4 Å². The minimum atomic E-state index is 0.428. The van der Waals surface area contributed by atoms with Gasteiger partial charge in [-0.15, -0.1) is 0 Å². The molecule has 0 N–H and O–H groups in total. The Kier molecular flexibility index (Phi) is 13.7. The summed E-state index contributed by atoms with van der Waals surface area (Å²) in [6.45, 7) is 4.38. The molecule has 0 aliphatic heterocycles. The zero-order valence-corrected chi connectivity index (χ0v) is 34.5. The molecule has 0 saturated carbocycles. The number of aryl methyl sites for hydroxylation is 1. The van der Waals surface area contributed by atoms with Crippen LogP contribution in [0.4, 0.5) is 0 Å². The Balaban J connectivity index is 1.13. The van der Waals surface area contributed by atoms with Gasteiger partial charge in [-0.05, 0) is 69.1 Å². The van der Waals surface area contributed by atoms with Crippen molar-refractivity contribution in [3.8, 4) is 28.7 Å². The molecule has 0 aromatic heterocycles. The van der Waals surface area contributed by atoms with Crippen LogP contribution < -0.4 is 23.7 Å². The first kappa shape index (κ1) is 40.5. The van der Waals surface area contributed by atoms with Crippen molar-refractivity contribution >= 4 is 0 Å². The fourth-order valence-corrected chi connectivity index (χ4v) is 7.28. The predicted octanol–water partition coefficient (Wildman–Crippen LogP) is 13.1. The first-order valence-corrected chi connectivity index (χ1v) is 20.8. The zero-order valence-electron chi connectivity index (χ0n) is 34.5. The molecular formula is C56H50O5. The Labute approximate surface area is 359 Å². The maximum atomic E-state index is 6.88. The summed E-state index contributed by atoms with van der Waals surface area (Å²) < 4.78 is 32.7. The van der Waals surface area contributed by atoms with Gasteiger partial charge in [-0.2, -0.15) is 0 Å². The van der Waals surface area contributed by atoms with Gasteiger partial charge in [-0.3, -0.25) is 0 Å². The molecular weight excluding hydrogens is 753 g/mol. The first-order chi connectivity index (χ1) is 30.1. The van der Waals surface area contributed by atoms with E-state index in [0.29, 0.717) is 45.9 Å². The molecule has 304 valence electrons. The van der Waals surface area contributed by atoms with Gasteiger partial charge in [-0.25, -0.2) is 0 Å². The molecule has 0 aliphatic rings. The van der Waals surface area contributed by atoms with Crippen LogP contribution >= 0.6 is 0 Å². The minimum absolute atomic E-state index is 0.428. The summed E-state index contributed by atoms with van der Waals surface area (Å²) in [7, 11) is 0. The van der Waals surface area contributed by atoms with Crippen LogP contribution in [0.15, 0.2) is 200 Å². The third kappa shape index (κ3) is 11.7. The summed E-state index contributed by atoms with van der Waals surface area (Å²) in [4.78, 5) is 0. The SMILES string of the molecule is Cc1cc(Cc2ccc(OCc3ccccc3)cc2OCc2ccccc2)c(OCc2ccccc2)c(Cc2ccc(OCc3ccccc3)cc2OCc2ccccc2)c1. The van der Waals surface area contributed by atoms with Gasteiger partial charge < -0.3 is 23.7 Å². The topological polar surface area (TPSA) is 46.2 Å². The average Bonchev–Trinajstić information content (AvgIpc) is 3.31. The highest BCUT2D eigenvalue weighted by Crippen LogP contribution is 2.37. The van der Waals surface area contributed by atoms with Gasteiger partial charge in [0.1, 0.15) is 61.8 Å². The first-order valence-electron chi connectivity index (χ1n) is 20.8. The van der Waals surface area contributed by atoms with Crippen molar-refractivity contribution in [2.45, 2.75) is 52.8 Å². The van der Waals surface area contributed by atoms with Gasteiger partial charge >= 0.3 is 0 Å². The van der Waals surface area contributed by atoms with Gasteiger partial charge in [0.05, 0.1) is 0 Å². The van der Waals surface area contributed by atoms with Gasteiger partial charge in [0.15, 0.2) is 0 Å². The van der Waals surface area contributed by atoms with E-state index >= 15 is 0 Å². The number of rotatable bonds is 19. The fourth-order valence-electron chi connectivity index (χ4n) is 7.28. The molecule has 0 amide bonds. The van der Waals surface area contributed by atoms with Crippen LogP contribution in [0.25, 0.3) is 0 Å². The summed E-state index contributed by atoms with van der Waals surface area (Å²) in [5.74, 6) is 3.90. The van der Waals surface area contributed by atoms with Crippen LogP contribution in [0, 0.1) is 6.92 Å². The smallest absolute Gasteiger partial charge is 0.127 e. The second kappa shape index (κ2) is 20.6. The summed E-state index contributed by atoms with van der Waals surface area (Å²) in [6.07, 6.45) is 1.18. The van der Waals surface area contributed by atoms with Crippen molar-refractivity contribution < 1.29 is 23.7 Å². The molecule has 8 rings (SSSR count). The minimum Gasteiger partial charge on any atom is -0.489 e. The third-order valence-electron chi connectivity index (χ3n) is 10.4. The van der Waals surface area contributed by atoms with Gasteiger partial charge in [0, 0.05) is 25.0 Å². The van der Waals surface area contributed by atoms with Crippen LogP contribution in [0.5, 0.6) is 28.7 Å². The summed E-state index contributed by atoms with van der Waals surface area (Å²) in [5.41, 5.74) is 10.9. The van der Waals surface area contributed by atoms with Crippen LogP contribution in [0.1, 0.15) is 55.6 Å². The summed E-state index contributed by atoms with van der Waals surface area (Å²) >= 11 is 0. The monoisotopic (exact) mass is 802 g/mol. The molecule has 5 heteroatoms. The van der Waals surface area contributed by atoms with Gasteiger partial charge in [0.2, 0.25) is 0 Å². The van der Waals surface area contributed by atoms with Crippen LogP contribution in [0.2, 0.25) is 0 Å². The molecule has 0 spiro atoms. The molecule has 0 heterocycles. The zero-order chi connectivity index (χ0) is 41.5. The van der Waals surface area contributed by atoms with Crippen molar-refractivity contribution in [2.75, 3.05) is 0 Å². The fraction of sp³-hybridized carbons (Fsp3) is 0.143. The van der Waals surface area contributed by atoms with E-state index in [2.05, 4.69) is 91.9 Å². The maximum Gasteiger partial charge on any atom is 0.127 e. The van der Waals surface area contributed by atoms with E-state index < -0.39 is 0 Å². The Bertz CT molecular complexity index is 2420. The number of benzene rings is 8. The van der Waals surface area contributed by atoms with Crippen molar-refractivity contribution in [1.29, 1.82) is 0 Å². The Morgan fingerprint density at radius 1 is 0.295 bits per heavy atom. The third-order valence-corrected chi connectivity index (χ3v) is 10.4. The molecule has 0 atom stereocenters. The van der Waals surface area contributed by atoms with Crippen LogP contribution in [-0.2, 0) is 45.9 Å². The van der Waals surface area contributed by atoms with Crippen molar-refractivity contribution in [1.82, 2.24) is 0 Å². The number of ether oxygens (including phenoxy) is 5. The van der Waals surface area contributed by atoms with Gasteiger partial charge in [0.25, 0.3) is 0 Å². The molecule has 8 aromatic carbocycles. The maximum absolute atomic E-state index is 6.88. The molecule has 0 aliphatic carbocycles. The summed E-state index contributed by atoms with van der Waals surface area (Å²) in [5, 5.41) is 0. The summed E-state index contributed by atoms with van der Waals surface area (Å²) in [6, 6.07) is 68.0. The van der Waals surface area contributed by atoms with Crippen LogP contribution in [0.3, 0.4) is 0 Å². The van der Waals surface area contributed by atoms with Crippen molar-refractivity contribution in [3.63, 3.8) is 0 Å². The molecule has 5 nitrogen and oxygen atoms in total. The predicted molar refractivity (Wildman–Crippen MR) is 244 cm³/mol. The highest BCUT2D eigenvalue weighted by Gasteiger charge is 2.19. The second-order valence-electron chi connectivity index (χ2n) is 15.2.